The number of H-pyrrole nitrogens is 1. The van der Waals surface area contributed by atoms with Crippen LogP contribution in [0.25, 0.3) is 0 Å². The molecule has 2 heterocycles. The largest absolute Gasteiger partial charge is 0.463 e. The van der Waals surface area contributed by atoms with Crippen molar-refractivity contribution >= 4 is 21.7 Å². The van der Waals surface area contributed by atoms with Crippen molar-refractivity contribution in [2.45, 2.75) is 13.3 Å². The molecule has 9 heteroatoms. The number of carbonyl (C=O) groups excluding carboxylic acids is 1. The van der Waals surface area contributed by atoms with Crippen molar-refractivity contribution in [2.75, 3.05) is 23.4 Å². The fourth-order valence-corrected chi connectivity index (χ4v) is 3.46. The van der Waals surface area contributed by atoms with Gasteiger partial charge in [0.1, 0.15) is 0 Å². The monoisotopic (exact) mass is 274 g/mol. The predicted molar refractivity (Wildman–Crippen MR) is 62.9 cm³/mol. The van der Waals surface area contributed by atoms with Gasteiger partial charge in [-0.3, -0.25) is 10.1 Å². The number of hydrogen-bond acceptors (Lipinski definition) is 6. The van der Waals surface area contributed by atoms with Crippen LogP contribution >= 0.6 is 0 Å². The first kappa shape index (κ1) is 12.8. The molecule has 1 fully saturated rings. The van der Waals surface area contributed by atoms with Crippen molar-refractivity contribution in [3.63, 3.8) is 0 Å². The molecular weight excluding hydrogens is 260 g/mol. The van der Waals surface area contributed by atoms with Gasteiger partial charge in [-0.2, -0.15) is 4.98 Å². The Morgan fingerprint density at radius 2 is 2.39 bits per heavy atom. The molecule has 0 saturated carbocycles. The van der Waals surface area contributed by atoms with E-state index in [0.717, 1.165) is 0 Å². The zero-order valence-electron chi connectivity index (χ0n) is 9.84. The van der Waals surface area contributed by atoms with E-state index in [1.54, 1.807) is 6.92 Å². The Hall–Kier alpha value is -1.64. The second-order valence-electron chi connectivity index (χ2n) is 3.99. The quantitative estimate of drug-likeness (QED) is 0.770. The third-order valence-corrected chi connectivity index (χ3v) is 4.35. The van der Waals surface area contributed by atoms with Crippen LogP contribution in [0.15, 0.2) is 0 Å². The molecule has 0 radical (unpaired) electrons. The van der Waals surface area contributed by atoms with Crippen molar-refractivity contribution in [1.29, 1.82) is 0 Å². The number of amides is 1. The summed E-state index contributed by atoms with van der Waals surface area (Å²) in [5.74, 6) is -0.768. The van der Waals surface area contributed by atoms with Crippen LogP contribution in [0.3, 0.4) is 0 Å². The molecule has 1 saturated heterocycles. The summed E-state index contributed by atoms with van der Waals surface area (Å²) >= 11 is 0. The van der Waals surface area contributed by atoms with Gasteiger partial charge in [-0.25, -0.2) is 13.5 Å². The predicted octanol–water partition coefficient (Wildman–Crippen LogP) is -0.423. The summed E-state index contributed by atoms with van der Waals surface area (Å²) in [6.45, 7) is 2.21. The molecular formula is C9H14N4O4S. The first-order chi connectivity index (χ1) is 8.50. The van der Waals surface area contributed by atoms with Crippen LogP contribution in [0.4, 0.5) is 5.95 Å². The summed E-state index contributed by atoms with van der Waals surface area (Å²) in [4.78, 5) is 15.6. The average Bonchev–Trinajstić information content (AvgIpc) is 2.86. The van der Waals surface area contributed by atoms with E-state index in [1.807, 2.05) is 0 Å². The molecule has 1 aromatic rings. The van der Waals surface area contributed by atoms with E-state index in [1.165, 1.54) is 0 Å². The first-order valence-corrected chi connectivity index (χ1v) is 7.39. The second-order valence-corrected chi connectivity index (χ2v) is 6.22. The van der Waals surface area contributed by atoms with Gasteiger partial charge in [0.15, 0.2) is 9.84 Å². The van der Waals surface area contributed by atoms with Crippen LogP contribution in [-0.4, -0.2) is 47.6 Å². The minimum Gasteiger partial charge on any atom is -0.463 e. The zero-order chi connectivity index (χ0) is 13.2. The summed E-state index contributed by atoms with van der Waals surface area (Å²) in [6.07, 6.45) is 0.348. The molecule has 1 amide bonds. The number of sulfone groups is 1. The number of ether oxygens (including phenoxy) is 1. The third kappa shape index (κ3) is 2.97. The number of carbonyl (C=O) groups is 1. The summed E-state index contributed by atoms with van der Waals surface area (Å²) < 4.78 is 27.5. The van der Waals surface area contributed by atoms with Gasteiger partial charge >= 0.3 is 6.01 Å². The maximum Gasteiger partial charge on any atom is 0.337 e. The van der Waals surface area contributed by atoms with Gasteiger partial charge in [0.05, 0.1) is 24.0 Å². The SMILES string of the molecule is CCOc1n[nH]c(NC(=O)C2CCS(=O)(=O)C2)n1. The van der Waals surface area contributed by atoms with Crippen LogP contribution in [0.1, 0.15) is 13.3 Å². The summed E-state index contributed by atoms with van der Waals surface area (Å²) in [5, 5.41) is 8.71. The summed E-state index contributed by atoms with van der Waals surface area (Å²) in [6, 6.07) is 0.145. The fourth-order valence-electron chi connectivity index (χ4n) is 1.72. The van der Waals surface area contributed by atoms with E-state index in [2.05, 4.69) is 20.5 Å². The Morgan fingerprint density at radius 1 is 1.61 bits per heavy atom. The first-order valence-electron chi connectivity index (χ1n) is 5.56. The number of hydrogen-bond donors (Lipinski definition) is 2. The molecule has 1 aliphatic heterocycles. The van der Waals surface area contributed by atoms with Crippen LogP contribution in [0, 0.1) is 5.92 Å². The molecule has 18 heavy (non-hydrogen) atoms. The van der Waals surface area contributed by atoms with E-state index >= 15 is 0 Å². The van der Waals surface area contributed by atoms with Crippen molar-refractivity contribution in [3.8, 4) is 6.01 Å². The van der Waals surface area contributed by atoms with E-state index in [0.29, 0.717) is 13.0 Å². The lowest BCUT2D eigenvalue weighted by molar-refractivity contribution is -0.119. The third-order valence-electron chi connectivity index (χ3n) is 2.58. The topological polar surface area (TPSA) is 114 Å². The molecule has 2 N–H and O–H groups in total. The highest BCUT2D eigenvalue weighted by Crippen LogP contribution is 2.19. The second kappa shape index (κ2) is 4.92. The van der Waals surface area contributed by atoms with Crippen molar-refractivity contribution < 1.29 is 17.9 Å². The van der Waals surface area contributed by atoms with Crippen LogP contribution in [-0.2, 0) is 14.6 Å². The summed E-state index contributed by atoms with van der Waals surface area (Å²) in [7, 11) is -3.07. The number of anilines is 1. The van der Waals surface area contributed by atoms with Gasteiger partial charge in [-0.1, -0.05) is 0 Å². The maximum absolute atomic E-state index is 11.8. The van der Waals surface area contributed by atoms with Gasteiger partial charge in [0, 0.05) is 0 Å². The molecule has 2 rings (SSSR count). The van der Waals surface area contributed by atoms with Crippen molar-refractivity contribution in [2.24, 2.45) is 5.92 Å². The molecule has 1 aromatic heterocycles. The number of nitrogens with one attached hydrogen (secondary N) is 2. The maximum atomic E-state index is 11.8. The Labute approximate surface area is 104 Å². The van der Waals surface area contributed by atoms with Gasteiger partial charge in [-0.15, -0.1) is 5.10 Å². The molecule has 0 bridgehead atoms. The molecule has 0 aromatic carbocycles. The highest BCUT2D eigenvalue weighted by Gasteiger charge is 2.33. The van der Waals surface area contributed by atoms with Crippen LogP contribution < -0.4 is 10.1 Å². The van der Waals surface area contributed by atoms with Gasteiger partial charge in [0.2, 0.25) is 11.9 Å². The standard InChI is InChI=1S/C9H14N4O4S/c1-2-17-9-11-8(12-13-9)10-7(14)6-3-4-18(15,16)5-6/h6H,2-5H2,1H3,(H2,10,11,12,13,14). The number of nitrogens with zero attached hydrogens (tertiary/aromatic N) is 2. The molecule has 0 aliphatic carbocycles. The van der Waals surface area contributed by atoms with Crippen LogP contribution in [0.2, 0.25) is 0 Å². The highest BCUT2D eigenvalue weighted by molar-refractivity contribution is 7.91. The minimum absolute atomic E-state index is 0.0612. The van der Waals surface area contributed by atoms with E-state index in [-0.39, 0.29) is 29.4 Å². The minimum atomic E-state index is -3.07. The Kier molecular flexibility index (Phi) is 3.50. The molecule has 1 aliphatic rings. The van der Waals surface area contributed by atoms with Gasteiger partial charge in [-0.05, 0) is 13.3 Å². The molecule has 8 nitrogen and oxygen atoms in total. The Bertz CT molecular complexity index is 539. The van der Waals surface area contributed by atoms with Crippen molar-refractivity contribution in [3.05, 3.63) is 0 Å². The van der Waals surface area contributed by atoms with Crippen LogP contribution in [0.5, 0.6) is 6.01 Å². The molecule has 0 spiro atoms. The van der Waals surface area contributed by atoms with E-state index in [4.69, 9.17) is 4.74 Å². The Balaban J connectivity index is 1.95. The van der Waals surface area contributed by atoms with Gasteiger partial charge in [0.25, 0.3) is 0 Å². The lowest BCUT2D eigenvalue weighted by Gasteiger charge is -2.05. The lowest BCUT2D eigenvalue weighted by Crippen LogP contribution is -2.24. The Morgan fingerprint density at radius 3 is 3.00 bits per heavy atom. The zero-order valence-corrected chi connectivity index (χ0v) is 10.7. The number of rotatable bonds is 4. The fraction of sp³-hybridized carbons (Fsp3) is 0.667. The molecule has 100 valence electrons. The van der Waals surface area contributed by atoms with Gasteiger partial charge < -0.3 is 4.74 Å². The van der Waals surface area contributed by atoms with E-state index in [9.17, 15) is 13.2 Å². The smallest absolute Gasteiger partial charge is 0.337 e. The summed E-state index contributed by atoms with van der Waals surface area (Å²) in [5.41, 5.74) is 0. The number of aromatic nitrogens is 3. The normalized spacial score (nSPS) is 21.7. The average molecular weight is 274 g/mol. The highest BCUT2D eigenvalue weighted by atomic mass is 32.2. The molecule has 1 unspecified atom stereocenters. The van der Waals surface area contributed by atoms with E-state index < -0.39 is 15.8 Å². The number of aromatic amines is 1. The lowest BCUT2D eigenvalue weighted by atomic mass is 10.1. The van der Waals surface area contributed by atoms with Crippen molar-refractivity contribution in [1.82, 2.24) is 15.2 Å². The molecule has 1 atom stereocenters.